The largest absolute Gasteiger partial charge is 0.345 e. The Morgan fingerprint density at radius 2 is 2.04 bits per heavy atom. The van der Waals surface area contributed by atoms with Crippen LogP contribution in [0.15, 0.2) is 4.52 Å². The highest BCUT2D eigenvalue weighted by molar-refractivity contribution is 6.08. The molecule has 1 aliphatic carbocycles. The molecule has 2 aromatic heterocycles. The number of hydrogen-bond donors (Lipinski definition) is 0. The van der Waals surface area contributed by atoms with Gasteiger partial charge in [0.15, 0.2) is 0 Å². The second kappa shape index (κ2) is 5.78. The van der Waals surface area contributed by atoms with Gasteiger partial charge in [0.05, 0.1) is 22.1 Å². The van der Waals surface area contributed by atoms with Gasteiger partial charge in [-0.2, -0.15) is 0 Å². The van der Waals surface area contributed by atoms with Gasteiger partial charge in [0.25, 0.3) is 11.6 Å². The highest BCUT2D eigenvalue weighted by Gasteiger charge is 2.49. The summed E-state index contributed by atoms with van der Waals surface area (Å²) >= 11 is 0. The highest BCUT2D eigenvalue weighted by atomic mass is 16.5. The van der Waals surface area contributed by atoms with E-state index in [0.29, 0.717) is 30.1 Å². The SMILES string of the molecule is Cc1noc2nc3c(c(C(=O)N4CC[C@@]5(CCCN(C)C5=O)C4)c12)CCC3. The van der Waals surface area contributed by atoms with Crippen LogP contribution >= 0.6 is 0 Å². The summed E-state index contributed by atoms with van der Waals surface area (Å²) in [5.74, 6) is 0.195. The molecule has 2 aromatic rings. The zero-order valence-corrected chi connectivity index (χ0v) is 15.9. The van der Waals surface area contributed by atoms with E-state index in [1.165, 1.54) is 0 Å². The number of hydrogen-bond acceptors (Lipinski definition) is 5. The quantitative estimate of drug-likeness (QED) is 0.770. The van der Waals surface area contributed by atoms with Gasteiger partial charge in [-0.1, -0.05) is 5.16 Å². The van der Waals surface area contributed by atoms with Gasteiger partial charge in [0, 0.05) is 32.4 Å². The molecular weight excluding hydrogens is 344 g/mol. The number of nitrogens with zero attached hydrogens (tertiary/aromatic N) is 4. The lowest BCUT2D eigenvalue weighted by atomic mass is 9.78. The van der Waals surface area contributed by atoms with Crippen LogP contribution in [-0.2, 0) is 17.6 Å². The molecule has 2 saturated heterocycles. The molecule has 1 atom stereocenters. The Balaban J connectivity index is 1.54. The van der Waals surface area contributed by atoms with Crippen molar-refractivity contribution in [1.82, 2.24) is 19.9 Å². The molecule has 1 spiro atoms. The van der Waals surface area contributed by atoms with Crippen LogP contribution in [0.2, 0.25) is 0 Å². The van der Waals surface area contributed by atoms with Gasteiger partial charge in [-0.05, 0) is 51.0 Å². The third-order valence-electron chi connectivity index (χ3n) is 6.63. The van der Waals surface area contributed by atoms with E-state index in [0.717, 1.165) is 61.7 Å². The van der Waals surface area contributed by atoms with Crippen molar-refractivity contribution in [3.63, 3.8) is 0 Å². The van der Waals surface area contributed by atoms with E-state index in [1.54, 1.807) is 0 Å². The molecule has 5 rings (SSSR count). The number of amides is 2. The van der Waals surface area contributed by atoms with Gasteiger partial charge < -0.3 is 14.3 Å². The Kier molecular flexibility index (Phi) is 3.58. The summed E-state index contributed by atoms with van der Waals surface area (Å²) in [5.41, 5.74) is 3.48. The van der Waals surface area contributed by atoms with Crippen LogP contribution in [0, 0.1) is 12.3 Å². The predicted octanol–water partition coefficient (Wildman–Crippen LogP) is 2.10. The van der Waals surface area contributed by atoms with Crippen molar-refractivity contribution in [2.75, 3.05) is 26.7 Å². The van der Waals surface area contributed by atoms with Gasteiger partial charge >= 0.3 is 0 Å². The maximum absolute atomic E-state index is 13.6. The molecule has 2 amide bonds. The monoisotopic (exact) mass is 368 g/mol. The Morgan fingerprint density at radius 1 is 1.19 bits per heavy atom. The van der Waals surface area contributed by atoms with Crippen molar-refractivity contribution in [2.24, 2.45) is 5.41 Å². The predicted molar refractivity (Wildman–Crippen MR) is 98.4 cm³/mol. The van der Waals surface area contributed by atoms with Gasteiger partial charge in [-0.15, -0.1) is 0 Å². The lowest BCUT2D eigenvalue weighted by Gasteiger charge is -2.37. The van der Waals surface area contributed by atoms with Crippen molar-refractivity contribution < 1.29 is 14.1 Å². The molecule has 142 valence electrons. The van der Waals surface area contributed by atoms with Crippen molar-refractivity contribution in [3.05, 3.63) is 22.5 Å². The molecule has 3 aliphatic rings. The van der Waals surface area contributed by atoms with Crippen molar-refractivity contribution in [2.45, 2.75) is 45.4 Å². The van der Waals surface area contributed by atoms with E-state index in [-0.39, 0.29) is 11.8 Å². The summed E-state index contributed by atoms with van der Waals surface area (Å²) < 4.78 is 5.38. The summed E-state index contributed by atoms with van der Waals surface area (Å²) in [4.78, 5) is 34.7. The minimum absolute atomic E-state index is 0.00440. The van der Waals surface area contributed by atoms with Crippen molar-refractivity contribution >= 4 is 22.9 Å². The van der Waals surface area contributed by atoms with Crippen molar-refractivity contribution in [1.29, 1.82) is 0 Å². The zero-order chi connectivity index (χ0) is 18.8. The minimum atomic E-state index is -0.401. The Bertz CT molecular complexity index is 966. The summed E-state index contributed by atoms with van der Waals surface area (Å²) in [6.07, 6.45) is 5.37. The highest BCUT2D eigenvalue weighted by Crippen LogP contribution is 2.41. The molecular formula is C20H24N4O3. The van der Waals surface area contributed by atoms with Gasteiger partial charge in [-0.3, -0.25) is 9.59 Å². The number of carbonyl (C=O) groups excluding carboxylic acids is 2. The smallest absolute Gasteiger partial charge is 0.259 e. The van der Waals surface area contributed by atoms with Gasteiger partial charge in [0.2, 0.25) is 5.91 Å². The second-order valence-electron chi connectivity index (χ2n) is 8.30. The molecule has 27 heavy (non-hydrogen) atoms. The summed E-state index contributed by atoms with van der Waals surface area (Å²) in [6.45, 7) is 3.81. The summed E-state index contributed by atoms with van der Waals surface area (Å²) in [5, 5.41) is 4.79. The third-order valence-corrected chi connectivity index (χ3v) is 6.63. The minimum Gasteiger partial charge on any atom is -0.345 e. The average molecular weight is 368 g/mol. The van der Waals surface area contributed by atoms with E-state index in [2.05, 4.69) is 10.1 Å². The van der Waals surface area contributed by atoms with Crippen LogP contribution in [-0.4, -0.2) is 58.4 Å². The molecule has 0 saturated carbocycles. The standard InChI is InChI=1S/C20H24N4O3/c1-12-15-16(13-5-3-6-14(13)21-17(15)27-22-12)18(25)24-10-8-20(11-24)7-4-9-23(2)19(20)26/h3-11H2,1-2H3/t20-/m0/s1. The average Bonchev–Trinajstić information content (AvgIpc) is 3.37. The molecule has 0 bridgehead atoms. The fraction of sp³-hybridized carbons (Fsp3) is 0.600. The van der Waals surface area contributed by atoms with Crippen LogP contribution in [0.3, 0.4) is 0 Å². The molecule has 2 aliphatic heterocycles. The zero-order valence-electron chi connectivity index (χ0n) is 15.9. The van der Waals surface area contributed by atoms with Crippen LogP contribution in [0.25, 0.3) is 11.1 Å². The van der Waals surface area contributed by atoms with Crippen molar-refractivity contribution in [3.8, 4) is 0 Å². The Morgan fingerprint density at radius 3 is 2.89 bits per heavy atom. The summed E-state index contributed by atoms with van der Waals surface area (Å²) in [6, 6.07) is 0. The first-order valence-electron chi connectivity index (χ1n) is 9.83. The van der Waals surface area contributed by atoms with E-state index in [9.17, 15) is 9.59 Å². The normalized spacial score (nSPS) is 25.0. The first-order chi connectivity index (χ1) is 13.0. The maximum Gasteiger partial charge on any atom is 0.259 e. The van der Waals surface area contributed by atoms with E-state index < -0.39 is 5.41 Å². The van der Waals surface area contributed by atoms with E-state index in [4.69, 9.17) is 4.52 Å². The van der Waals surface area contributed by atoms with E-state index in [1.807, 2.05) is 23.8 Å². The molecule has 0 N–H and O–H groups in total. The molecule has 2 fully saturated rings. The van der Waals surface area contributed by atoms with Crippen LogP contribution in [0.1, 0.15) is 53.0 Å². The Labute approximate surface area is 157 Å². The fourth-order valence-electron chi connectivity index (χ4n) is 5.20. The number of fused-ring (bicyclic) bond motifs is 2. The third kappa shape index (κ3) is 2.33. The number of carbonyl (C=O) groups is 2. The number of aryl methyl sites for hydroxylation is 2. The lowest BCUT2D eigenvalue weighted by Crippen LogP contribution is -2.48. The van der Waals surface area contributed by atoms with Crippen LogP contribution in [0.5, 0.6) is 0 Å². The van der Waals surface area contributed by atoms with Crippen LogP contribution in [0.4, 0.5) is 0 Å². The number of aromatic nitrogens is 2. The Hall–Kier alpha value is -2.44. The lowest BCUT2D eigenvalue weighted by molar-refractivity contribution is -0.143. The van der Waals surface area contributed by atoms with E-state index >= 15 is 0 Å². The molecule has 0 aromatic carbocycles. The van der Waals surface area contributed by atoms with Gasteiger partial charge in [-0.25, -0.2) is 4.98 Å². The van der Waals surface area contributed by atoms with Gasteiger partial charge in [0.1, 0.15) is 0 Å². The number of likely N-dealkylation sites (tertiary alicyclic amines) is 2. The molecule has 0 unspecified atom stereocenters. The first-order valence-corrected chi connectivity index (χ1v) is 9.83. The number of rotatable bonds is 1. The number of pyridine rings is 1. The number of piperidine rings is 1. The molecule has 7 heteroatoms. The van der Waals surface area contributed by atoms with Crippen LogP contribution < -0.4 is 0 Å². The fourth-order valence-corrected chi connectivity index (χ4v) is 5.20. The topological polar surface area (TPSA) is 79.5 Å². The molecule has 4 heterocycles. The molecule has 0 radical (unpaired) electrons. The molecule has 7 nitrogen and oxygen atoms in total. The maximum atomic E-state index is 13.6. The second-order valence-corrected chi connectivity index (χ2v) is 8.30. The first kappa shape index (κ1) is 16.7. The summed E-state index contributed by atoms with van der Waals surface area (Å²) in [7, 11) is 1.87.